The lowest BCUT2D eigenvalue weighted by Crippen LogP contribution is -2.26. The Morgan fingerprint density at radius 3 is 2.17 bits per heavy atom. The SMILES string of the molecule is O=c1[nH]c(S(=O)(=O)Cl)c(-c2ccccc2)c(=O)[nH]1. The first-order valence-electron chi connectivity index (χ1n) is 4.76. The van der Waals surface area contributed by atoms with Crippen molar-refractivity contribution in [3.8, 4) is 11.1 Å². The van der Waals surface area contributed by atoms with Gasteiger partial charge in [-0.25, -0.2) is 13.2 Å². The second-order valence-electron chi connectivity index (χ2n) is 3.42. The van der Waals surface area contributed by atoms with Crippen molar-refractivity contribution in [2.24, 2.45) is 0 Å². The predicted molar refractivity (Wildman–Crippen MR) is 66.2 cm³/mol. The second-order valence-corrected chi connectivity index (χ2v) is 5.92. The molecule has 0 radical (unpaired) electrons. The van der Waals surface area contributed by atoms with Crippen molar-refractivity contribution in [1.82, 2.24) is 9.97 Å². The quantitative estimate of drug-likeness (QED) is 0.625. The number of hydrogen-bond donors (Lipinski definition) is 2. The van der Waals surface area contributed by atoms with Gasteiger partial charge in [-0.05, 0) is 5.56 Å². The Labute approximate surface area is 106 Å². The van der Waals surface area contributed by atoms with Gasteiger partial charge in [-0.15, -0.1) is 0 Å². The van der Waals surface area contributed by atoms with Gasteiger partial charge in [-0.1, -0.05) is 30.3 Å². The van der Waals surface area contributed by atoms with Crippen LogP contribution in [-0.2, 0) is 9.05 Å². The summed E-state index contributed by atoms with van der Waals surface area (Å²) in [6.45, 7) is 0. The molecule has 2 N–H and O–H groups in total. The van der Waals surface area contributed by atoms with E-state index in [4.69, 9.17) is 10.7 Å². The molecule has 0 bridgehead atoms. The Bertz CT molecular complexity index is 793. The normalized spacial score (nSPS) is 11.4. The molecule has 2 rings (SSSR count). The molecule has 0 atom stereocenters. The first kappa shape index (κ1) is 12.6. The summed E-state index contributed by atoms with van der Waals surface area (Å²) in [5.41, 5.74) is -1.59. The molecule has 6 nitrogen and oxygen atoms in total. The van der Waals surface area contributed by atoms with Gasteiger partial charge in [0, 0.05) is 10.7 Å². The maximum Gasteiger partial charge on any atom is 0.326 e. The summed E-state index contributed by atoms with van der Waals surface area (Å²) in [6, 6.07) is 8.04. The lowest BCUT2D eigenvalue weighted by Gasteiger charge is -2.04. The fourth-order valence-electron chi connectivity index (χ4n) is 1.52. The van der Waals surface area contributed by atoms with Gasteiger partial charge in [0.2, 0.25) is 0 Å². The molecule has 1 aromatic carbocycles. The molecule has 0 spiro atoms. The van der Waals surface area contributed by atoms with Crippen molar-refractivity contribution in [2.45, 2.75) is 5.03 Å². The van der Waals surface area contributed by atoms with Crippen molar-refractivity contribution >= 4 is 19.7 Å². The van der Waals surface area contributed by atoms with Crippen LogP contribution >= 0.6 is 10.7 Å². The number of hydrogen-bond acceptors (Lipinski definition) is 4. The lowest BCUT2D eigenvalue weighted by molar-refractivity contribution is 0.605. The number of nitrogens with one attached hydrogen (secondary N) is 2. The van der Waals surface area contributed by atoms with Crippen LogP contribution in [0.25, 0.3) is 11.1 Å². The largest absolute Gasteiger partial charge is 0.326 e. The van der Waals surface area contributed by atoms with E-state index in [0.717, 1.165) is 0 Å². The van der Waals surface area contributed by atoms with Crippen LogP contribution in [0.3, 0.4) is 0 Å². The minimum absolute atomic E-state index is 0.190. The highest BCUT2D eigenvalue weighted by molar-refractivity contribution is 8.13. The Morgan fingerprint density at radius 1 is 1.00 bits per heavy atom. The van der Waals surface area contributed by atoms with Gasteiger partial charge in [0.05, 0.1) is 5.56 Å². The standard InChI is InChI=1S/C10H7ClN2O4S/c11-18(16,17)9-7(6-4-2-1-3-5-6)8(14)12-10(15)13-9/h1-5H,(H2,12,13,14,15). The van der Waals surface area contributed by atoms with Crippen molar-refractivity contribution < 1.29 is 8.42 Å². The van der Waals surface area contributed by atoms with Gasteiger partial charge in [-0.2, -0.15) is 0 Å². The molecule has 0 aliphatic heterocycles. The molecule has 0 fully saturated rings. The van der Waals surface area contributed by atoms with Gasteiger partial charge in [0.1, 0.15) is 0 Å². The molecule has 0 aliphatic carbocycles. The molecule has 0 unspecified atom stereocenters. The van der Waals surface area contributed by atoms with E-state index >= 15 is 0 Å². The highest BCUT2D eigenvalue weighted by Crippen LogP contribution is 2.23. The minimum Gasteiger partial charge on any atom is -0.296 e. The molecule has 0 saturated carbocycles. The van der Waals surface area contributed by atoms with Crippen LogP contribution in [0.2, 0.25) is 0 Å². The molecule has 1 heterocycles. The highest BCUT2D eigenvalue weighted by atomic mass is 35.7. The molecule has 0 amide bonds. The summed E-state index contributed by atoms with van der Waals surface area (Å²) in [5.74, 6) is 0. The zero-order chi connectivity index (χ0) is 13.3. The Kier molecular flexibility index (Phi) is 3.10. The third-order valence-electron chi connectivity index (χ3n) is 2.21. The summed E-state index contributed by atoms with van der Waals surface area (Å²) in [6.07, 6.45) is 0. The molecule has 1 aromatic heterocycles. The van der Waals surface area contributed by atoms with E-state index in [1.807, 2.05) is 9.97 Å². The summed E-state index contributed by atoms with van der Waals surface area (Å²) in [5, 5.41) is -0.607. The monoisotopic (exact) mass is 286 g/mol. The third kappa shape index (κ3) is 2.36. The first-order valence-corrected chi connectivity index (χ1v) is 7.07. The topological polar surface area (TPSA) is 99.9 Å². The zero-order valence-corrected chi connectivity index (χ0v) is 10.4. The maximum atomic E-state index is 11.7. The molecular formula is C10H7ClN2O4S. The maximum absolute atomic E-state index is 11.7. The van der Waals surface area contributed by atoms with E-state index in [1.165, 1.54) is 12.1 Å². The van der Waals surface area contributed by atoms with Crippen LogP contribution in [0.4, 0.5) is 0 Å². The fraction of sp³-hybridized carbons (Fsp3) is 0. The van der Waals surface area contributed by atoms with Gasteiger partial charge >= 0.3 is 5.69 Å². The Hall–Kier alpha value is -1.86. The highest BCUT2D eigenvalue weighted by Gasteiger charge is 2.21. The number of rotatable bonds is 2. The Morgan fingerprint density at radius 2 is 1.61 bits per heavy atom. The molecule has 0 saturated heterocycles. The molecular weight excluding hydrogens is 280 g/mol. The van der Waals surface area contributed by atoms with E-state index in [0.29, 0.717) is 5.56 Å². The fourth-order valence-corrected chi connectivity index (χ4v) is 2.53. The van der Waals surface area contributed by atoms with Crippen LogP contribution in [0.1, 0.15) is 0 Å². The van der Waals surface area contributed by atoms with Gasteiger partial charge in [0.25, 0.3) is 14.6 Å². The van der Waals surface area contributed by atoms with Crippen LogP contribution in [0, 0.1) is 0 Å². The number of aromatic nitrogens is 2. The average molecular weight is 287 g/mol. The average Bonchev–Trinajstić information content (AvgIpc) is 2.28. The summed E-state index contributed by atoms with van der Waals surface area (Å²) in [7, 11) is 0.977. The van der Waals surface area contributed by atoms with Crippen LogP contribution < -0.4 is 11.2 Å². The molecule has 0 aliphatic rings. The second kappa shape index (κ2) is 4.43. The molecule has 8 heteroatoms. The first-order chi connectivity index (χ1) is 8.39. The number of halogens is 1. The number of H-pyrrole nitrogens is 2. The molecule has 2 aromatic rings. The lowest BCUT2D eigenvalue weighted by atomic mass is 10.1. The minimum atomic E-state index is -4.23. The van der Waals surface area contributed by atoms with Gasteiger partial charge < -0.3 is 0 Å². The van der Waals surface area contributed by atoms with Gasteiger partial charge in [0.15, 0.2) is 5.03 Å². The van der Waals surface area contributed by atoms with Crippen molar-refractivity contribution in [3.63, 3.8) is 0 Å². The summed E-state index contributed by atoms with van der Waals surface area (Å²) >= 11 is 0. The van der Waals surface area contributed by atoms with E-state index in [-0.39, 0.29) is 5.56 Å². The predicted octanol–water partition coefficient (Wildman–Crippen LogP) is 0.658. The van der Waals surface area contributed by atoms with Crippen molar-refractivity contribution in [2.75, 3.05) is 0 Å². The summed E-state index contributed by atoms with van der Waals surface area (Å²) < 4.78 is 22.7. The molecule has 94 valence electrons. The number of aromatic amines is 2. The van der Waals surface area contributed by atoms with E-state index < -0.39 is 25.3 Å². The number of benzene rings is 1. The van der Waals surface area contributed by atoms with Gasteiger partial charge in [-0.3, -0.25) is 14.8 Å². The van der Waals surface area contributed by atoms with Crippen molar-refractivity contribution in [1.29, 1.82) is 0 Å². The van der Waals surface area contributed by atoms with Crippen LogP contribution in [0.15, 0.2) is 44.9 Å². The zero-order valence-electron chi connectivity index (χ0n) is 8.81. The van der Waals surface area contributed by atoms with Crippen molar-refractivity contribution in [3.05, 3.63) is 51.2 Å². The van der Waals surface area contributed by atoms with Crippen LogP contribution in [-0.4, -0.2) is 18.4 Å². The van der Waals surface area contributed by atoms with Crippen LogP contribution in [0.5, 0.6) is 0 Å². The Balaban J connectivity index is 2.91. The van der Waals surface area contributed by atoms with E-state index in [1.54, 1.807) is 18.2 Å². The van der Waals surface area contributed by atoms with E-state index in [9.17, 15) is 18.0 Å². The smallest absolute Gasteiger partial charge is 0.296 e. The van der Waals surface area contributed by atoms with E-state index in [2.05, 4.69) is 0 Å². The third-order valence-corrected chi connectivity index (χ3v) is 3.47. The molecule has 18 heavy (non-hydrogen) atoms. The summed E-state index contributed by atoms with van der Waals surface area (Å²) in [4.78, 5) is 26.8.